The molecule has 3 aromatic carbocycles. The highest BCUT2D eigenvalue weighted by Gasteiger charge is 2.29. The lowest BCUT2D eigenvalue weighted by molar-refractivity contribution is -0.119. The van der Waals surface area contributed by atoms with Gasteiger partial charge in [0.2, 0.25) is 5.91 Å². The number of anilines is 1. The summed E-state index contributed by atoms with van der Waals surface area (Å²) in [5, 5.41) is 3.28. The number of thioether (sulfide) groups is 1. The molecule has 0 radical (unpaired) electrons. The fourth-order valence-electron chi connectivity index (χ4n) is 3.44. The molecule has 1 N–H and O–H groups in total. The van der Waals surface area contributed by atoms with Gasteiger partial charge in [0.25, 0.3) is 10.0 Å². The van der Waals surface area contributed by atoms with Crippen molar-refractivity contribution in [2.45, 2.75) is 30.9 Å². The minimum atomic E-state index is -4.05. The van der Waals surface area contributed by atoms with Gasteiger partial charge in [-0.3, -0.25) is 9.10 Å². The van der Waals surface area contributed by atoms with Gasteiger partial charge in [-0.15, -0.1) is 0 Å². The Morgan fingerprint density at radius 2 is 1.72 bits per heavy atom. The second-order valence-electron chi connectivity index (χ2n) is 8.11. The van der Waals surface area contributed by atoms with Crippen molar-refractivity contribution >= 4 is 45.0 Å². The van der Waals surface area contributed by atoms with E-state index in [0.717, 1.165) is 22.2 Å². The molecular formula is C27H31ClN2O4S2. The molecular weight excluding hydrogens is 516 g/mol. The highest BCUT2D eigenvalue weighted by molar-refractivity contribution is 7.98. The van der Waals surface area contributed by atoms with Crippen molar-refractivity contribution in [3.63, 3.8) is 0 Å². The number of aryl methyl sites for hydroxylation is 1. The van der Waals surface area contributed by atoms with E-state index in [1.807, 2.05) is 6.92 Å². The first-order chi connectivity index (χ1) is 17.3. The molecule has 3 aromatic rings. The van der Waals surface area contributed by atoms with Crippen LogP contribution in [0.5, 0.6) is 5.75 Å². The number of carbonyl (C=O) groups excluding carboxylic acids is 1. The maximum Gasteiger partial charge on any atom is 0.264 e. The average molecular weight is 547 g/mol. The molecule has 9 heteroatoms. The van der Waals surface area contributed by atoms with E-state index in [0.29, 0.717) is 29.6 Å². The van der Waals surface area contributed by atoms with Crippen LogP contribution >= 0.6 is 23.4 Å². The number of nitrogens with zero attached hydrogens (tertiary/aromatic N) is 1. The van der Waals surface area contributed by atoms with Crippen LogP contribution in [0.2, 0.25) is 5.02 Å². The van der Waals surface area contributed by atoms with Gasteiger partial charge in [0.15, 0.2) is 0 Å². The van der Waals surface area contributed by atoms with E-state index in [-0.39, 0.29) is 17.3 Å². The van der Waals surface area contributed by atoms with E-state index in [9.17, 15) is 13.2 Å². The lowest BCUT2D eigenvalue weighted by Crippen LogP contribution is -2.41. The van der Waals surface area contributed by atoms with Gasteiger partial charge < -0.3 is 10.1 Å². The molecule has 6 nitrogen and oxygen atoms in total. The molecule has 0 unspecified atom stereocenters. The second-order valence-corrected chi connectivity index (χ2v) is 11.5. The first-order valence-corrected chi connectivity index (χ1v) is 14.7. The maximum atomic E-state index is 13.6. The third-order valence-corrected chi connectivity index (χ3v) is 8.44. The number of ether oxygens (including phenoxy) is 1. The Balaban J connectivity index is 1.64. The van der Waals surface area contributed by atoms with Crippen LogP contribution in [-0.4, -0.2) is 39.8 Å². The minimum absolute atomic E-state index is 0.0403. The Bertz CT molecular complexity index is 1230. The van der Waals surface area contributed by atoms with Crippen molar-refractivity contribution in [1.29, 1.82) is 0 Å². The fourth-order valence-corrected chi connectivity index (χ4v) is 5.92. The van der Waals surface area contributed by atoms with Gasteiger partial charge in [0, 0.05) is 17.3 Å². The number of amides is 1. The van der Waals surface area contributed by atoms with Crippen LogP contribution in [0.3, 0.4) is 0 Å². The third kappa shape index (κ3) is 7.91. The molecule has 1 amide bonds. The van der Waals surface area contributed by atoms with Crippen molar-refractivity contribution in [2.75, 3.05) is 29.8 Å². The van der Waals surface area contributed by atoms with Gasteiger partial charge in [-0.1, -0.05) is 53.6 Å². The average Bonchev–Trinajstić information content (AvgIpc) is 2.86. The van der Waals surface area contributed by atoms with Crippen molar-refractivity contribution < 1.29 is 17.9 Å². The standard InChI is InChI=1S/C27H31ClN2O4S2/c1-3-34-26-8-5-4-7-25(26)30(36(32,33)24-15-13-23(28)14-16-24)19-27(31)29-17-6-18-35-20-22-11-9-21(2)10-12-22/h4-5,7-16H,3,6,17-20H2,1-2H3,(H,29,31). The van der Waals surface area contributed by atoms with Gasteiger partial charge in [-0.25, -0.2) is 8.42 Å². The number of hydrogen-bond donors (Lipinski definition) is 1. The second kappa shape index (κ2) is 13.6. The third-order valence-electron chi connectivity index (χ3n) is 5.30. The summed E-state index contributed by atoms with van der Waals surface area (Å²) in [6, 6.07) is 21.1. The molecule has 0 aliphatic rings. The summed E-state index contributed by atoms with van der Waals surface area (Å²) in [5.41, 5.74) is 2.81. The van der Waals surface area contributed by atoms with E-state index in [1.165, 1.54) is 35.4 Å². The predicted molar refractivity (Wildman–Crippen MR) is 149 cm³/mol. The van der Waals surface area contributed by atoms with Gasteiger partial charge >= 0.3 is 0 Å². The first-order valence-electron chi connectivity index (χ1n) is 11.7. The van der Waals surface area contributed by atoms with Crippen LogP contribution in [-0.2, 0) is 20.6 Å². The van der Waals surface area contributed by atoms with Gasteiger partial charge in [0.05, 0.1) is 17.2 Å². The topological polar surface area (TPSA) is 75.7 Å². The van der Waals surface area contributed by atoms with Gasteiger partial charge in [-0.05, 0) is 68.0 Å². The van der Waals surface area contributed by atoms with E-state index in [4.69, 9.17) is 16.3 Å². The van der Waals surface area contributed by atoms with E-state index >= 15 is 0 Å². The lowest BCUT2D eigenvalue weighted by Gasteiger charge is -2.26. The molecule has 0 heterocycles. The van der Waals surface area contributed by atoms with E-state index in [1.54, 1.807) is 36.0 Å². The normalized spacial score (nSPS) is 11.2. The molecule has 0 fully saturated rings. The van der Waals surface area contributed by atoms with Crippen LogP contribution in [0, 0.1) is 6.92 Å². The van der Waals surface area contributed by atoms with Crippen LogP contribution in [0.15, 0.2) is 77.7 Å². The monoisotopic (exact) mass is 546 g/mol. The SMILES string of the molecule is CCOc1ccccc1N(CC(=O)NCCCSCc1ccc(C)cc1)S(=O)(=O)c1ccc(Cl)cc1. The van der Waals surface area contributed by atoms with Crippen LogP contribution in [0.4, 0.5) is 5.69 Å². The zero-order valence-electron chi connectivity index (χ0n) is 20.4. The maximum absolute atomic E-state index is 13.6. The Morgan fingerprint density at radius 1 is 1.03 bits per heavy atom. The molecule has 3 rings (SSSR count). The van der Waals surface area contributed by atoms with Crippen molar-refractivity contribution in [3.05, 3.63) is 88.9 Å². The Kier molecular flexibility index (Phi) is 10.5. The minimum Gasteiger partial charge on any atom is -0.492 e. The molecule has 0 aliphatic heterocycles. The number of benzene rings is 3. The highest BCUT2D eigenvalue weighted by atomic mass is 35.5. The summed E-state index contributed by atoms with van der Waals surface area (Å²) in [5.74, 6) is 1.80. The first kappa shape index (κ1) is 27.9. The smallest absolute Gasteiger partial charge is 0.264 e. The quantitative estimate of drug-likeness (QED) is 0.279. The van der Waals surface area contributed by atoms with Gasteiger partial charge in [0.1, 0.15) is 12.3 Å². The summed E-state index contributed by atoms with van der Waals surface area (Å²) >= 11 is 7.75. The molecule has 192 valence electrons. The largest absolute Gasteiger partial charge is 0.492 e. The van der Waals surface area contributed by atoms with E-state index < -0.39 is 10.0 Å². The number of sulfonamides is 1. The number of rotatable bonds is 13. The summed E-state index contributed by atoms with van der Waals surface area (Å²) in [4.78, 5) is 12.9. The van der Waals surface area contributed by atoms with Crippen LogP contribution in [0.1, 0.15) is 24.5 Å². The van der Waals surface area contributed by atoms with Gasteiger partial charge in [-0.2, -0.15) is 11.8 Å². The fraction of sp³-hybridized carbons (Fsp3) is 0.296. The molecule has 0 aliphatic carbocycles. The molecule has 0 saturated carbocycles. The van der Waals surface area contributed by atoms with E-state index in [2.05, 4.69) is 36.5 Å². The number of nitrogens with one attached hydrogen (secondary N) is 1. The van der Waals surface area contributed by atoms with Crippen LogP contribution in [0.25, 0.3) is 0 Å². The van der Waals surface area contributed by atoms with Crippen LogP contribution < -0.4 is 14.4 Å². The summed E-state index contributed by atoms with van der Waals surface area (Å²) < 4.78 is 33.8. The Hall–Kier alpha value is -2.68. The van der Waals surface area contributed by atoms with Crippen molar-refractivity contribution in [1.82, 2.24) is 5.32 Å². The zero-order chi connectivity index (χ0) is 26.0. The molecule has 0 bridgehead atoms. The number of halogens is 1. The van der Waals surface area contributed by atoms with Crippen molar-refractivity contribution in [3.8, 4) is 5.75 Å². The molecule has 36 heavy (non-hydrogen) atoms. The predicted octanol–water partition coefficient (Wildman–Crippen LogP) is 5.68. The van der Waals surface area contributed by atoms with Crippen molar-refractivity contribution in [2.24, 2.45) is 0 Å². The highest BCUT2D eigenvalue weighted by Crippen LogP contribution is 2.32. The molecule has 0 aromatic heterocycles. The molecule has 0 spiro atoms. The molecule has 0 atom stereocenters. The Morgan fingerprint density at radius 3 is 2.42 bits per heavy atom. The number of carbonyl (C=O) groups is 1. The zero-order valence-corrected chi connectivity index (χ0v) is 22.8. The number of para-hydroxylation sites is 2. The molecule has 0 saturated heterocycles. The number of hydrogen-bond acceptors (Lipinski definition) is 5. The Labute approximate surface area is 223 Å². The summed E-state index contributed by atoms with van der Waals surface area (Å²) in [7, 11) is -4.05. The summed E-state index contributed by atoms with van der Waals surface area (Å²) in [6.45, 7) is 4.33. The summed E-state index contributed by atoms with van der Waals surface area (Å²) in [6.07, 6.45) is 0.779. The lowest BCUT2D eigenvalue weighted by atomic mass is 10.2.